The van der Waals surface area contributed by atoms with Gasteiger partial charge < -0.3 is 24.5 Å². The Morgan fingerprint density at radius 1 is 1.11 bits per heavy atom. The van der Waals surface area contributed by atoms with Crippen LogP contribution in [0.15, 0.2) is 18.2 Å². The number of carbonyl (C=O) groups is 2. The molecule has 0 aliphatic carbocycles. The first-order chi connectivity index (χ1) is 7.54. The second kappa shape index (κ2) is 9.45. The molecule has 0 spiro atoms. The minimum atomic E-state index is -1.51. The van der Waals surface area contributed by atoms with Crippen LogP contribution in [0, 0.1) is 12.3 Å². The van der Waals surface area contributed by atoms with Crippen molar-refractivity contribution in [1.29, 1.82) is 0 Å². The summed E-state index contributed by atoms with van der Waals surface area (Å²) in [4.78, 5) is 21.2. The van der Waals surface area contributed by atoms with Crippen molar-refractivity contribution in [2.75, 3.05) is 6.61 Å². The van der Waals surface area contributed by atoms with Crippen LogP contribution in [0.3, 0.4) is 0 Å². The molecule has 5 nitrogen and oxygen atoms in total. The van der Waals surface area contributed by atoms with Crippen molar-refractivity contribution in [2.45, 2.75) is 0 Å². The Hall–Kier alpha value is -0.480. The van der Waals surface area contributed by atoms with E-state index in [9.17, 15) is 19.8 Å². The molecular formula is C11H6Na2O5. The fourth-order valence-electron chi connectivity index (χ4n) is 1.04. The summed E-state index contributed by atoms with van der Waals surface area (Å²) in [5.41, 5.74) is -0.623. The van der Waals surface area contributed by atoms with E-state index in [4.69, 9.17) is 11.2 Å². The molecule has 7 heteroatoms. The predicted octanol–water partition coefficient (Wildman–Crippen LogP) is -7.57. The van der Waals surface area contributed by atoms with Gasteiger partial charge in [0.15, 0.2) is 0 Å². The molecule has 0 atom stereocenters. The Bertz CT molecular complexity index is 447. The summed E-state index contributed by atoms with van der Waals surface area (Å²) in [6.07, 6.45) is 4.94. The standard InChI is InChI=1S/C11H8O5.2Na/c1-2-3-16-9-5-7(10(12)13)4-8(6-9)11(14)15;;/h1,4-6H,3H2,(H,12,13)(H,14,15);;/q;2*+1/p-2. The largest absolute Gasteiger partial charge is 1.00 e. The molecule has 0 aliphatic heterocycles. The molecule has 0 fully saturated rings. The average Bonchev–Trinajstić information content (AvgIpc) is 2.25. The van der Waals surface area contributed by atoms with Gasteiger partial charge in [0.2, 0.25) is 0 Å². The first-order valence-electron chi connectivity index (χ1n) is 4.18. The van der Waals surface area contributed by atoms with Gasteiger partial charge in [-0.1, -0.05) is 5.92 Å². The summed E-state index contributed by atoms with van der Waals surface area (Å²) in [5, 5.41) is 21.2. The van der Waals surface area contributed by atoms with Crippen LogP contribution in [0.2, 0.25) is 0 Å². The van der Waals surface area contributed by atoms with Crippen LogP contribution in [-0.4, -0.2) is 18.5 Å². The van der Waals surface area contributed by atoms with Crippen molar-refractivity contribution in [2.24, 2.45) is 0 Å². The molecule has 0 bridgehead atoms. The van der Waals surface area contributed by atoms with E-state index in [1.807, 2.05) is 0 Å². The molecule has 1 rings (SSSR count). The van der Waals surface area contributed by atoms with Crippen molar-refractivity contribution in [3.05, 3.63) is 29.3 Å². The monoisotopic (exact) mass is 264 g/mol. The number of benzene rings is 1. The van der Waals surface area contributed by atoms with E-state index in [2.05, 4.69) is 5.92 Å². The van der Waals surface area contributed by atoms with E-state index in [0.717, 1.165) is 18.2 Å². The Balaban J connectivity index is 0. The number of ether oxygens (including phenoxy) is 1. The molecule has 82 valence electrons. The minimum Gasteiger partial charge on any atom is -0.545 e. The number of hydrogen-bond acceptors (Lipinski definition) is 5. The number of rotatable bonds is 4. The third-order valence-corrected chi connectivity index (χ3v) is 1.70. The molecule has 0 aliphatic rings. The maximum Gasteiger partial charge on any atom is 1.00 e. The van der Waals surface area contributed by atoms with Gasteiger partial charge in [-0.25, -0.2) is 0 Å². The van der Waals surface area contributed by atoms with Crippen LogP contribution in [0.5, 0.6) is 5.75 Å². The topological polar surface area (TPSA) is 89.5 Å². The van der Waals surface area contributed by atoms with E-state index in [1.54, 1.807) is 0 Å². The average molecular weight is 264 g/mol. The van der Waals surface area contributed by atoms with Crippen LogP contribution in [0.4, 0.5) is 0 Å². The molecule has 1 aromatic rings. The van der Waals surface area contributed by atoms with E-state index >= 15 is 0 Å². The molecule has 0 saturated heterocycles. The Kier molecular flexibility index (Phi) is 10.4. The fourth-order valence-corrected chi connectivity index (χ4v) is 1.04. The maximum atomic E-state index is 10.6. The van der Waals surface area contributed by atoms with E-state index in [-0.39, 0.29) is 82.6 Å². The zero-order valence-corrected chi connectivity index (χ0v) is 14.1. The predicted molar refractivity (Wildman–Crippen MR) is 49.4 cm³/mol. The number of aromatic carboxylic acids is 2. The summed E-state index contributed by atoms with van der Waals surface area (Å²) in [5.74, 6) is -0.806. The van der Waals surface area contributed by atoms with Gasteiger partial charge in [-0.2, -0.15) is 0 Å². The van der Waals surface area contributed by atoms with Gasteiger partial charge in [0.05, 0.1) is 11.9 Å². The summed E-state index contributed by atoms with van der Waals surface area (Å²) in [7, 11) is 0. The number of terminal acetylenes is 1. The summed E-state index contributed by atoms with van der Waals surface area (Å²) >= 11 is 0. The van der Waals surface area contributed by atoms with Gasteiger partial charge >= 0.3 is 59.1 Å². The number of hydrogen-bond donors (Lipinski definition) is 0. The molecule has 0 N–H and O–H groups in total. The molecule has 0 radical (unpaired) electrons. The zero-order valence-electron chi connectivity index (χ0n) is 10.1. The van der Waals surface area contributed by atoms with Crippen molar-refractivity contribution in [1.82, 2.24) is 0 Å². The van der Waals surface area contributed by atoms with Crippen LogP contribution in [0.1, 0.15) is 20.7 Å². The summed E-state index contributed by atoms with van der Waals surface area (Å²) < 4.78 is 4.92. The van der Waals surface area contributed by atoms with Gasteiger partial charge in [-0.15, -0.1) is 6.42 Å². The molecule has 0 heterocycles. The summed E-state index contributed by atoms with van der Waals surface area (Å²) in [6, 6.07) is 3.17. The second-order valence-electron chi connectivity index (χ2n) is 2.81. The van der Waals surface area contributed by atoms with Crippen molar-refractivity contribution in [3.8, 4) is 18.1 Å². The van der Waals surface area contributed by atoms with E-state index in [1.165, 1.54) is 0 Å². The minimum absolute atomic E-state index is 0. The third-order valence-electron chi connectivity index (χ3n) is 1.70. The van der Waals surface area contributed by atoms with E-state index in [0.29, 0.717) is 0 Å². The smallest absolute Gasteiger partial charge is 0.545 e. The van der Waals surface area contributed by atoms with Gasteiger partial charge in [0.1, 0.15) is 12.4 Å². The zero-order chi connectivity index (χ0) is 12.1. The van der Waals surface area contributed by atoms with Crippen molar-refractivity contribution in [3.63, 3.8) is 0 Å². The molecular weight excluding hydrogens is 258 g/mol. The molecule has 18 heavy (non-hydrogen) atoms. The van der Waals surface area contributed by atoms with Crippen molar-refractivity contribution >= 4 is 11.9 Å². The first kappa shape index (κ1) is 19.9. The van der Waals surface area contributed by atoms with Gasteiger partial charge in [0, 0.05) is 11.1 Å². The Morgan fingerprint density at radius 2 is 1.56 bits per heavy atom. The third kappa shape index (κ3) is 5.91. The van der Waals surface area contributed by atoms with Crippen LogP contribution >= 0.6 is 0 Å². The normalized spacial score (nSPS) is 8.17. The molecule has 0 unspecified atom stereocenters. The first-order valence-corrected chi connectivity index (χ1v) is 4.18. The fraction of sp³-hybridized carbons (Fsp3) is 0.0909. The quantitative estimate of drug-likeness (QED) is 0.398. The Morgan fingerprint density at radius 3 is 1.89 bits per heavy atom. The van der Waals surface area contributed by atoms with Crippen LogP contribution in [0.25, 0.3) is 0 Å². The maximum absolute atomic E-state index is 10.6. The molecule has 1 aromatic carbocycles. The van der Waals surface area contributed by atoms with Crippen molar-refractivity contribution < 1.29 is 83.7 Å². The van der Waals surface area contributed by atoms with Crippen LogP contribution in [-0.2, 0) is 0 Å². The summed E-state index contributed by atoms with van der Waals surface area (Å²) in [6.45, 7) is -0.0943. The Labute approximate surface area is 148 Å². The molecule has 0 saturated carbocycles. The van der Waals surface area contributed by atoms with Gasteiger partial charge in [0.25, 0.3) is 0 Å². The second-order valence-corrected chi connectivity index (χ2v) is 2.81. The number of carbonyl (C=O) groups excluding carboxylic acids is 2. The number of carboxylic acid groups (broad SMARTS) is 2. The SMILES string of the molecule is C#CCOc1cc(C(=O)[O-])cc(C(=O)[O-])c1.[Na+].[Na+]. The number of carboxylic acids is 2. The van der Waals surface area contributed by atoms with E-state index < -0.39 is 11.9 Å². The van der Waals surface area contributed by atoms with Gasteiger partial charge in [-0.05, 0) is 18.2 Å². The van der Waals surface area contributed by atoms with Crippen LogP contribution < -0.4 is 74.1 Å². The van der Waals surface area contributed by atoms with Gasteiger partial charge in [-0.3, -0.25) is 0 Å². The molecule has 0 amide bonds. The molecule has 0 aromatic heterocycles.